The molecular weight excluding hydrogens is 374 g/mol. The van der Waals surface area contributed by atoms with Crippen molar-refractivity contribution in [2.24, 2.45) is 10.2 Å². The standard InChI is InChI=1S/C20H23N5O2S/c1-4-25(7-9-27-10-8-26)16-5-6-18(14(2)11-16)23-24-20-17(12-21)15(3)19(13-22)28-20/h5-6,11,26H,4,7-10H2,1-3H3/b24-23+. The normalized spacial score (nSPS) is 10.8. The summed E-state index contributed by atoms with van der Waals surface area (Å²) in [4.78, 5) is 2.67. The van der Waals surface area contributed by atoms with Crippen LogP contribution < -0.4 is 4.90 Å². The number of aliphatic hydroxyl groups is 1. The number of ether oxygens (including phenoxy) is 1. The van der Waals surface area contributed by atoms with Crippen LogP contribution in [0.25, 0.3) is 0 Å². The second-order valence-electron chi connectivity index (χ2n) is 6.05. The summed E-state index contributed by atoms with van der Waals surface area (Å²) in [7, 11) is 0. The molecule has 7 nitrogen and oxygen atoms in total. The maximum Gasteiger partial charge on any atom is 0.158 e. The van der Waals surface area contributed by atoms with Gasteiger partial charge in [0.25, 0.3) is 0 Å². The molecule has 0 unspecified atom stereocenters. The third-order valence-corrected chi connectivity index (χ3v) is 5.34. The van der Waals surface area contributed by atoms with Gasteiger partial charge in [0, 0.05) is 18.8 Å². The van der Waals surface area contributed by atoms with Crippen molar-refractivity contribution in [2.45, 2.75) is 20.8 Å². The highest BCUT2D eigenvalue weighted by atomic mass is 32.1. The van der Waals surface area contributed by atoms with Crippen LogP contribution in [0.5, 0.6) is 0 Å². The van der Waals surface area contributed by atoms with Gasteiger partial charge < -0.3 is 14.7 Å². The molecule has 0 aliphatic rings. The van der Waals surface area contributed by atoms with Crippen molar-refractivity contribution >= 4 is 27.7 Å². The Morgan fingerprint density at radius 2 is 1.96 bits per heavy atom. The van der Waals surface area contributed by atoms with Crippen LogP contribution in [0.1, 0.15) is 28.5 Å². The molecule has 28 heavy (non-hydrogen) atoms. The van der Waals surface area contributed by atoms with E-state index in [1.807, 2.05) is 25.1 Å². The van der Waals surface area contributed by atoms with Crippen LogP contribution in [-0.4, -0.2) is 38.0 Å². The fourth-order valence-corrected chi connectivity index (χ4v) is 3.54. The first kappa shape index (κ1) is 21.5. The van der Waals surface area contributed by atoms with Gasteiger partial charge in [-0.2, -0.15) is 10.5 Å². The van der Waals surface area contributed by atoms with Crippen LogP contribution in [0.2, 0.25) is 0 Å². The molecule has 0 radical (unpaired) electrons. The molecule has 2 rings (SSSR count). The number of anilines is 1. The zero-order valence-corrected chi connectivity index (χ0v) is 17.1. The molecule has 0 amide bonds. The van der Waals surface area contributed by atoms with E-state index in [2.05, 4.69) is 34.2 Å². The van der Waals surface area contributed by atoms with Gasteiger partial charge in [-0.05, 0) is 50.1 Å². The number of nitriles is 2. The van der Waals surface area contributed by atoms with E-state index >= 15 is 0 Å². The molecule has 0 fully saturated rings. The Morgan fingerprint density at radius 1 is 1.18 bits per heavy atom. The Hall–Kier alpha value is -2.78. The van der Waals surface area contributed by atoms with Crippen molar-refractivity contribution in [1.29, 1.82) is 10.5 Å². The number of thiophene rings is 1. The molecule has 0 aliphatic heterocycles. The Labute approximate surface area is 169 Å². The number of hydrogen-bond acceptors (Lipinski definition) is 8. The molecule has 1 aromatic carbocycles. The Morgan fingerprint density at radius 3 is 2.57 bits per heavy atom. The molecule has 1 heterocycles. The number of benzene rings is 1. The van der Waals surface area contributed by atoms with E-state index in [-0.39, 0.29) is 6.61 Å². The number of likely N-dealkylation sites (N-methyl/N-ethyl adjacent to an activating group) is 1. The topological polar surface area (TPSA) is 105 Å². The fourth-order valence-electron chi connectivity index (χ4n) is 2.67. The summed E-state index contributed by atoms with van der Waals surface area (Å²) >= 11 is 1.18. The molecule has 0 spiro atoms. The molecule has 2 aromatic rings. The van der Waals surface area contributed by atoms with Crippen LogP contribution in [0, 0.1) is 36.5 Å². The average Bonchev–Trinajstić information content (AvgIpc) is 3.01. The molecule has 0 aliphatic carbocycles. The van der Waals surface area contributed by atoms with E-state index in [0.29, 0.717) is 39.9 Å². The predicted molar refractivity (Wildman–Crippen MR) is 110 cm³/mol. The van der Waals surface area contributed by atoms with Crippen molar-refractivity contribution in [1.82, 2.24) is 0 Å². The number of aliphatic hydroxyl groups excluding tert-OH is 1. The zero-order valence-electron chi connectivity index (χ0n) is 16.3. The quantitative estimate of drug-likeness (QED) is 0.500. The van der Waals surface area contributed by atoms with Crippen LogP contribution in [0.15, 0.2) is 28.4 Å². The van der Waals surface area contributed by atoms with Crippen molar-refractivity contribution in [3.8, 4) is 12.1 Å². The third kappa shape index (κ3) is 5.14. The maximum absolute atomic E-state index is 9.31. The second kappa shape index (κ2) is 10.5. The molecular formula is C20H23N5O2S. The molecule has 1 N–H and O–H groups in total. The smallest absolute Gasteiger partial charge is 0.158 e. The van der Waals surface area contributed by atoms with Gasteiger partial charge in [0.1, 0.15) is 17.0 Å². The highest BCUT2D eigenvalue weighted by molar-refractivity contribution is 7.16. The SMILES string of the molecule is CCN(CCOCCO)c1ccc(/N=N/c2sc(C#N)c(C)c2C#N)c(C)c1. The molecule has 146 valence electrons. The third-order valence-electron chi connectivity index (χ3n) is 4.26. The first-order valence-electron chi connectivity index (χ1n) is 8.95. The van der Waals surface area contributed by atoms with Gasteiger partial charge in [0.15, 0.2) is 5.00 Å². The summed E-state index contributed by atoms with van der Waals surface area (Å²) in [6.45, 7) is 8.26. The van der Waals surface area contributed by atoms with Gasteiger partial charge in [0.05, 0.1) is 31.1 Å². The number of azo groups is 1. The number of rotatable bonds is 9. The lowest BCUT2D eigenvalue weighted by atomic mass is 10.1. The summed E-state index contributed by atoms with van der Waals surface area (Å²) in [6, 6.07) is 10.1. The van der Waals surface area contributed by atoms with E-state index < -0.39 is 0 Å². The Bertz CT molecular complexity index is 924. The molecule has 0 bridgehead atoms. The lowest BCUT2D eigenvalue weighted by molar-refractivity contribution is 0.0967. The minimum atomic E-state index is 0.0259. The van der Waals surface area contributed by atoms with E-state index in [4.69, 9.17) is 15.1 Å². The van der Waals surface area contributed by atoms with Crippen molar-refractivity contribution in [3.05, 3.63) is 39.8 Å². The molecule has 0 saturated heterocycles. The van der Waals surface area contributed by atoms with Crippen molar-refractivity contribution < 1.29 is 9.84 Å². The summed E-state index contributed by atoms with van der Waals surface area (Å²) < 4.78 is 5.35. The predicted octanol–water partition coefficient (Wildman–Crippen LogP) is 4.36. The van der Waals surface area contributed by atoms with E-state index in [0.717, 1.165) is 24.3 Å². The van der Waals surface area contributed by atoms with E-state index in [1.54, 1.807) is 6.92 Å². The van der Waals surface area contributed by atoms with Gasteiger partial charge in [-0.3, -0.25) is 0 Å². The first-order chi connectivity index (χ1) is 13.5. The highest BCUT2D eigenvalue weighted by Crippen LogP contribution is 2.36. The van der Waals surface area contributed by atoms with Crippen LogP contribution in [0.3, 0.4) is 0 Å². The first-order valence-corrected chi connectivity index (χ1v) is 9.76. The van der Waals surface area contributed by atoms with E-state index in [9.17, 15) is 5.26 Å². The Kier molecular flexibility index (Phi) is 8.09. The van der Waals surface area contributed by atoms with Crippen molar-refractivity contribution in [2.75, 3.05) is 37.8 Å². The average molecular weight is 398 g/mol. The molecule has 8 heteroatoms. The van der Waals surface area contributed by atoms with Gasteiger partial charge >= 0.3 is 0 Å². The number of nitrogens with zero attached hydrogens (tertiary/aromatic N) is 5. The summed E-state index contributed by atoms with van der Waals surface area (Å²) in [5.41, 5.74) is 3.79. The summed E-state index contributed by atoms with van der Waals surface area (Å²) in [5, 5.41) is 36.2. The second-order valence-corrected chi connectivity index (χ2v) is 7.05. The minimum Gasteiger partial charge on any atom is -0.394 e. The van der Waals surface area contributed by atoms with Gasteiger partial charge in [0.2, 0.25) is 0 Å². The molecule has 1 aromatic heterocycles. The largest absolute Gasteiger partial charge is 0.394 e. The monoisotopic (exact) mass is 397 g/mol. The molecule has 0 atom stereocenters. The zero-order chi connectivity index (χ0) is 20.5. The van der Waals surface area contributed by atoms with Gasteiger partial charge in [-0.15, -0.1) is 21.6 Å². The lowest BCUT2D eigenvalue weighted by Gasteiger charge is -2.23. The van der Waals surface area contributed by atoms with Crippen LogP contribution in [-0.2, 0) is 4.74 Å². The number of hydrogen-bond donors (Lipinski definition) is 1. The van der Waals surface area contributed by atoms with Gasteiger partial charge in [-0.25, -0.2) is 0 Å². The number of aryl methyl sites for hydroxylation is 1. The molecule has 0 saturated carbocycles. The van der Waals surface area contributed by atoms with Crippen molar-refractivity contribution in [3.63, 3.8) is 0 Å². The summed E-state index contributed by atoms with van der Waals surface area (Å²) in [6.07, 6.45) is 0. The Balaban J connectivity index is 2.18. The highest BCUT2D eigenvalue weighted by Gasteiger charge is 2.14. The van der Waals surface area contributed by atoms with Crippen LogP contribution >= 0.6 is 11.3 Å². The van der Waals surface area contributed by atoms with Crippen LogP contribution in [0.4, 0.5) is 16.4 Å². The van der Waals surface area contributed by atoms with E-state index in [1.165, 1.54) is 11.3 Å². The maximum atomic E-state index is 9.31. The lowest BCUT2D eigenvalue weighted by Crippen LogP contribution is -2.27. The summed E-state index contributed by atoms with van der Waals surface area (Å²) in [5.74, 6) is 0. The minimum absolute atomic E-state index is 0.0259. The fraction of sp³-hybridized carbons (Fsp3) is 0.400. The van der Waals surface area contributed by atoms with Gasteiger partial charge in [-0.1, -0.05) is 0 Å².